The fraction of sp³-hybridized carbons (Fsp3) is 0.412. The standard InChI is InChI=1S/C17H19ClFN3OS/c1-11-2-3-15(24-11)17(23)21-9-12-4-6-22(7-5-12)16-14(19)8-13(18)10-20-16/h2-3,8,10,12H,4-7,9H2,1H3,(H,21,23). The molecule has 2 aromatic heterocycles. The second kappa shape index (κ2) is 7.49. The quantitative estimate of drug-likeness (QED) is 0.891. The predicted molar refractivity (Wildman–Crippen MR) is 95.5 cm³/mol. The van der Waals surface area contributed by atoms with Crippen LogP contribution in [0.25, 0.3) is 0 Å². The molecule has 1 N–H and O–H groups in total. The minimum absolute atomic E-state index is 0.0130. The number of rotatable bonds is 4. The van der Waals surface area contributed by atoms with Crippen molar-refractivity contribution in [2.45, 2.75) is 19.8 Å². The Labute approximate surface area is 149 Å². The normalized spacial score (nSPS) is 15.5. The summed E-state index contributed by atoms with van der Waals surface area (Å²) in [7, 11) is 0. The van der Waals surface area contributed by atoms with Crippen LogP contribution in [-0.2, 0) is 0 Å². The van der Waals surface area contributed by atoms with Crippen molar-refractivity contribution < 1.29 is 9.18 Å². The summed E-state index contributed by atoms with van der Waals surface area (Å²) in [6.07, 6.45) is 3.26. The Balaban J connectivity index is 1.49. The zero-order chi connectivity index (χ0) is 17.1. The summed E-state index contributed by atoms with van der Waals surface area (Å²) in [6, 6.07) is 5.10. The van der Waals surface area contributed by atoms with E-state index in [1.807, 2.05) is 24.0 Å². The molecule has 0 radical (unpaired) electrons. The van der Waals surface area contributed by atoms with Crippen molar-refractivity contribution in [3.05, 3.63) is 45.0 Å². The molecule has 0 atom stereocenters. The fourth-order valence-electron chi connectivity index (χ4n) is 2.87. The molecule has 1 aliphatic heterocycles. The highest BCUT2D eigenvalue weighted by atomic mass is 35.5. The molecule has 128 valence electrons. The molecule has 0 spiro atoms. The van der Waals surface area contributed by atoms with Gasteiger partial charge in [0.15, 0.2) is 11.6 Å². The van der Waals surface area contributed by atoms with Crippen LogP contribution >= 0.6 is 22.9 Å². The van der Waals surface area contributed by atoms with Gasteiger partial charge in [-0.2, -0.15) is 0 Å². The van der Waals surface area contributed by atoms with Crippen LogP contribution in [0.3, 0.4) is 0 Å². The zero-order valence-electron chi connectivity index (χ0n) is 13.4. The molecule has 1 aliphatic rings. The maximum absolute atomic E-state index is 13.9. The summed E-state index contributed by atoms with van der Waals surface area (Å²) in [5.41, 5.74) is 0. The van der Waals surface area contributed by atoms with Crippen molar-refractivity contribution in [2.24, 2.45) is 5.92 Å². The van der Waals surface area contributed by atoms with Gasteiger partial charge in [-0.3, -0.25) is 4.79 Å². The van der Waals surface area contributed by atoms with Gasteiger partial charge in [-0.25, -0.2) is 9.37 Å². The molecule has 1 amide bonds. The number of thiophene rings is 1. The molecule has 3 heterocycles. The van der Waals surface area contributed by atoms with Crippen LogP contribution in [0.4, 0.5) is 10.2 Å². The van der Waals surface area contributed by atoms with Gasteiger partial charge in [0.05, 0.1) is 9.90 Å². The summed E-state index contributed by atoms with van der Waals surface area (Å²) in [5, 5.41) is 3.30. The van der Waals surface area contributed by atoms with E-state index in [1.165, 1.54) is 23.6 Å². The van der Waals surface area contributed by atoms with Crippen molar-refractivity contribution in [1.82, 2.24) is 10.3 Å². The highest BCUT2D eigenvalue weighted by Crippen LogP contribution is 2.25. The Morgan fingerprint density at radius 1 is 1.46 bits per heavy atom. The molecule has 0 aromatic carbocycles. The van der Waals surface area contributed by atoms with Crippen molar-refractivity contribution in [2.75, 3.05) is 24.5 Å². The third kappa shape index (κ3) is 4.05. The number of carbonyl (C=O) groups is 1. The Hall–Kier alpha value is -1.66. The highest BCUT2D eigenvalue weighted by molar-refractivity contribution is 7.13. The van der Waals surface area contributed by atoms with Crippen LogP contribution < -0.4 is 10.2 Å². The topological polar surface area (TPSA) is 45.2 Å². The molecule has 24 heavy (non-hydrogen) atoms. The number of halogens is 2. The molecule has 1 saturated heterocycles. The van der Waals surface area contributed by atoms with E-state index < -0.39 is 0 Å². The van der Waals surface area contributed by atoms with Gasteiger partial charge < -0.3 is 10.2 Å². The van der Waals surface area contributed by atoms with Crippen molar-refractivity contribution in [3.63, 3.8) is 0 Å². The lowest BCUT2D eigenvalue weighted by molar-refractivity contribution is 0.0949. The van der Waals surface area contributed by atoms with Gasteiger partial charge in [0, 0.05) is 30.7 Å². The summed E-state index contributed by atoms with van der Waals surface area (Å²) in [5.74, 6) is 0.362. The summed E-state index contributed by atoms with van der Waals surface area (Å²) < 4.78 is 13.9. The SMILES string of the molecule is Cc1ccc(C(=O)NCC2CCN(c3ncc(Cl)cc3F)CC2)s1. The maximum atomic E-state index is 13.9. The lowest BCUT2D eigenvalue weighted by Gasteiger charge is -2.33. The molecule has 0 unspecified atom stereocenters. The van der Waals surface area contributed by atoms with Gasteiger partial charge in [-0.15, -0.1) is 11.3 Å². The minimum Gasteiger partial charge on any atom is -0.354 e. The first-order valence-electron chi connectivity index (χ1n) is 7.93. The third-order valence-electron chi connectivity index (χ3n) is 4.22. The van der Waals surface area contributed by atoms with E-state index in [9.17, 15) is 9.18 Å². The zero-order valence-corrected chi connectivity index (χ0v) is 15.0. The first-order chi connectivity index (χ1) is 11.5. The Morgan fingerprint density at radius 3 is 2.83 bits per heavy atom. The highest BCUT2D eigenvalue weighted by Gasteiger charge is 2.23. The Morgan fingerprint density at radius 2 is 2.21 bits per heavy atom. The predicted octanol–water partition coefficient (Wildman–Crippen LogP) is 3.89. The van der Waals surface area contributed by atoms with E-state index in [4.69, 9.17) is 11.6 Å². The number of nitrogens with one attached hydrogen (secondary N) is 1. The fourth-order valence-corrected chi connectivity index (χ4v) is 3.80. The average molecular weight is 368 g/mol. The minimum atomic E-state index is -0.387. The molecule has 0 aliphatic carbocycles. The van der Waals surface area contributed by atoms with Crippen molar-refractivity contribution in [1.29, 1.82) is 0 Å². The smallest absolute Gasteiger partial charge is 0.261 e. The van der Waals surface area contributed by atoms with Crippen LogP contribution in [0.2, 0.25) is 5.02 Å². The van der Waals surface area contributed by atoms with E-state index in [2.05, 4.69) is 10.3 Å². The number of aryl methyl sites for hydroxylation is 1. The van der Waals surface area contributed by atoms with Crippen LogP contribution in [0.1, 0.15) is 27.4 Å². The lowest BCUT2D eigenvalue weighted by atomic mass is 9.96. The van der Waals surface area contributed by atoms with Crippen LogP contribution in [0, 0.1) is 18.7 Å². The molecule has 0 saturated carbocycles. The molecule has 4 nitrogen and oxygen atoms in total. The van der Waals surface area contributed by atoms with Crippen LogP contribution in [-0.4, -0.2) is 30.5 Å². The van der Waals surface area contributed by atoms with Crippen molar-refractivity contribution in [3.8, 4) is 0 Å². The van der Waals surface area contributed by atoms with E-state index >= 15 is 0 Å². The Bertz CT molecular complexity index is 728. The molecule has 1 fully saturated rings. The van der Waals surface area contributed by atoms with Gasteiger partial charge in [0.2, 0.25) is 0 Å². The summed E-state index contributed by atoms with van der Waals surface area (Å²) >= 11 is 7.24. The number of amides is 1. The second-order valence-electron chi connectivity index (χ2n) is 6.01. The van der Waals surface area contributed by atoms with Gasteiger partial charge in [-0.05, 0) is 43.9 Å². The van der Waals surface area contributed by atoms with Crippen molar-refractivity contribution >= 4 is 34.7 Å². The number of pyridine rings is 1. The van der Waals surface area contributed by atoms with Crippen LogP contribution in [0.5, 0.6) is 0 Å². The number of hydrogen-bond acceptors (Lipinski definition) is 4. The number of carbonyl (C=O) groups excluding carboxylic acids is 1. The molecule has 0 bridgehead atoms. The van der Waals surface area contributed by atoms with Gasteiger partial charge in [0.1, 0.15) is 0 Å². The van der Waals surface area contributed by atoms with Gasteiger partial charge in [0.25, 0.3) is 5.91 Å². The van der Waals surface area contributed by atoms with E-state index in [1.54, 1.807) is 0 Å². The van der Waals surface area contributed by atoms with Gasteiger partial charge >= 0.3 is 0 Å². The summed E-state index contributed by atoms with van der Waals surface area (Å²) in [4.78, 5) is 20.0. The molecular weight excluding hydrogens is 349 g/mol. The first-order valence-corrected chi connectivity index (χ1v) is 9.13. The largest absolute Gasteiger partial charge is 0.354 e. The number of aromatic nitrogens is 1. The number of nitrogens with zero attached hydrogens (tertiary/aromatic N) is 2. The van der Waals surface area contributed by atoms with Gasteiger partial charge in [-0.1, -0.05) is 11.6 Å². The number of piperidine rings is 1. The second-order valence-corrected chi connectivity index (χ2v) is 7.73. The van der Waals surface area contributed by atoms with E-state index in [-0.39, 0.29) is 11.7 Å². The number of anilines is 1. The number of hydrogen-bond donors (Lipinski definition) is 1. The third-order valence-corrected chi connectivity index (χ3v) is 5.42. The molecule has 7 heteroatoms. The first kappa shape index (κ1) is 17.2. The summed E-state index contributed by atoms with van der Waals surface area (Å²) in [6.45, 7) is 4.09. The Kier molecular flexibility index (Phi) is 5.36. The van der Waals surface area contributed by atoms with Crippen LogP contribution in [0.15, 0.2) is 24.4 Å². The maximum Gasteiger partial charge on any atom is 0.261 e. The molecule has 3 rings (SSSR count). The molecule has 2 aromatic rings. The monoisotopic (exact) mass is 367 g/mol. The lowest BCUT2D eigenvalue weighted by Crippen LogP contribution is -2.39. The van der Waals surface area contributed by atoms with E-state index in [0.717, 1.165) is 35.7 Å². The average Bonchev–Trinajstić information content (AvgIpc) is 3.00. The van der Waals surface area contributed by atoms with E-state index in [0.29, 0.717) is 23.3 Å². The molecular formula is C17H19ClFN3OS.